The molecule has 18 heavy (non-hydrogen) atoms. The zero-order valence-corrected chi connectivity index (χ0v) is 11.1. The normalized spacial score (nSPS) is 14.4. The standard InChI is InChI=1S/C11H17N3O3S/c1-8-4-3-5-10(6-8)18(16,17)13-7-9(2)11(12)14-15/h3-6,9,13,15H,7H2,1-2H3,(H2,12,14). The highest BCUT2D eigenvalue weighted by atomic mass is 32.2. The van der Waals surface area contributed by atoms with Crippen molar-refractivity contribution in [3.05, 3.63) is 29.8 Å². The minimum atomic E-state index is -3.56. The van der Waals surface area contributed by atoms with Gasteiger partial charge in [-0.15, -0.1) is 0 Å². The molecule has 0 radical (unpaired) electrons. The number of nitrogens with one attached hydrogen (secondary N) is 1. The average molecular weight is 271 g/mol. The van der Waals surface area contributed by atoms with Crippen molar-refractivity contribution in [1.29, 1.82) is 0 Å². The fourth-order valence-electron chi connectivity index (χ4n) is 1.30. The molecule has 1 aromatic carbocycles. The number of nitrogens with zero attached hydrogens (tertiary/aromatic N) is 1. The summed E-state index contributed by atoms with van der Waals surface area (Å²) in [6.07, 6.45) is 0. The number of oxime groups is 1. The quantitative estimate of drug-likeness (QED) is 0.316. The van der Waals surface area contributed by atoms with E-state index in [2.05, 4.69) is 9.88 Å². The lowest BCUT2D eigenvalue weighted by atomic mass is 10.2. The maximum Gasteiger partial charge on any atom is 0.240 e. The number of aryl methyl sites for hydroxylation is 1. The van der Waals surface area contributed by atoms with Crippen LogP contribution in [0.1, 0.15) is 12.5 Å². The summed E-state index contributed by atoms with van der Waals surface area (Å²) in [6, 6.07) is 6.59. The summed E-state index contributed by atoms with van der Waals surface area (Å²) in [5, 5.41) is 11.3. The summed E-state index contributed by atoms with van der Waals surface area (Å²) in [7, 11) is -3.56. The first-order valence-corrected chi connectivity index (χ1v) is 6.89. The monoisotopic (exact) mass is 271 g/mol. The van der Waals surface area contributed by atoms with Crippen molar-refractivity contribution in [3.8, 4) is 0 Å². The molecule has 0 spiro atoms. The van der Waals surface area contributed by atoms with Crippen molar-refractivity contribution in [2.45, 2.75) is 18.7 Å². The first kappa shape index (κ1) is 14.5. The van der Waals surface area contributed by atoms with Crippen LogP contribution >= 0.6 is 0 Å². The molecule has 4 N–H and O–H groups in total. The second kappa shape index (κ2) is 5.83. The smallest absolute Gasteiger partial charge is 0.240 e. The molecule has 6 nitrogen and oxygen atoms in total. The Morgan fingerprint density at radius 1 is 1.56 bits per heavy atom. The van der Waals surface area contributed by atoms with E-state index in [1.807, 2.05) is 13.0 Å². The van der Waals surface area contributed by atoms with Gasteiger partial charge in [-0.3, -0.25) is 0 Å². The van der Waals surface area contributed by atoms with Gasteiger partial charge < -0.3 is 10.9 Å². The van der Waals surface area contributed by atoms with Crippen LogP contribution in [0.25, 0.3) is 0 Å². The molecule has 1 aromatic rings. The number of hydrogen-bond acceptors (Lipinski definition) is 4. The Labute approximate surface area is 107 Å². The fraction of sp³-hybridized carbons (Fsp3) is 0.364. The van der Waals surface area contributed by atoms with Gasteiger partial charge in [0.2, 0.25) is 10.0 Å². The van der Waals surface area contributed by atoms with E-state index in [0.717, 1.165) is 5.56 Å². The highest BCUT2D eigenvalue weighted by Crippen LogP contribution is 2.10. The van der Waals surface area contributed by atoms with Gasteiger partial charge in [0.25, 0.3) is 0 Å². The van der Waals surface area contributed by atoms with Gasteiger partial charge >= 0.3 is 0 Å². The van der Waals surface area contributed by atoms with E-state index in [-0.39, 0.29) is 23.2 Å². The number of amidine groups is 1. The maximum absolute atomic E-state index is 11.9. The van der Waals surface area contributed by atoms with E-state index < -0.39 is 10.0 Å². The summed E-state index contributed by atoms with van der Waals surface area (Å²) in [5.74, 6) is -0.392. The van der Waals surface area contributed by atoms with E-state index in [1.54, 1.807) is 19.1 Å². The van der Waals surface area contributed by atoms with Crippen LogP contribution in [-0.2, 0) is 10.0 Å². The Morgan fingerprint density at radius 3 is 2.78 bits per heavy atom. The van der Waals surface area contributed by atoms with Gasteiger partial charge in [0.15, 0.2) is 0 Å². The number of benzene rings is 1. The predicted molar refractivity (Wildman–Crippen MR) is 68.9 cm³/mol. The van der Waals surface area contributed by atoms with E-state index in [4.69, 9.17) is 10.9 Å². The number of rotatable bonds is 5. The summed E-state index contributed by atoms with van der Waals surface area (Å²) in [4.78, 5) is 0.203. The van der Waals surface area contributed by atoms with Crippen LogP contribution in [0.3, 0.4) is 0 Å². The van der Waals surface area contributed by atoms with Crippen LogP contribution in [0.4, 0.5) is 0 Å². The largest absolute Gasteiger partial charge is 0.409 e. The van der Waals surface area contributed by atoms with Crippen molar-refractivity contribution in [2.24, 2.45) is 16.8 Å². The molecule has 0 heterocycles. The van der Waals surface area contributed by atoms with Gasteiger partial charge in [-0.25, -0.2) is 13.1 Å². The van der Waals surface area contributed by atoms with Crippen LogP contribution in [-0.4, -0.2) is 26.0 Å². The van der Waals surface area contributed by atoms with Crippen molar-refractivity contribution in [1.82, 2.24) is 4.72 Å². The second-order valence-electron chi connectivity index (χ2n) is 4.09. The molecule has 0 saturated carbocycles. The van der Waals surface area contributed by atoms with Gasteiger partial charge in [-0.2, -0.15) is 0 Å². The van der Waals surface area contributed by atoms with E-state index in [1.165, 1.54) is 6.07 Å². The summed E-state index contributed by atoms with van der Waals surface area (Å²) in [6.45, 7) is 3.55. The highest BCUT2D eigenvalue weighted by molar-refractivity contribution is 7.89. The first-order chi connectivity index (χ1) is 8.36. The molecule has 0 aromatic heterocycles. The second-order valence-corrected chi connectivity index (χ2v) is 5.86. The van der Waals surface area contributed by atoms with Crippen LogP contribution in [0.2, 0.25) is 0 Å². The lowest BCUT2D eigenvalue weighted by Gasteiger charge is -2.11. The highest BCUT2D eigenvalue weighted by Gasteiger charge is 2.16. The Balaban J connectivity index is 2.78. The Kier molecular flexibility index (Phi) is 4.69. The third-order valence-electron chi connectivity index (χ3n) is 2.50. The molecule has 0 saturated heterocycles. The molecule has 100 valence electrons. The third kappa shape index (κ3) is 3.71. The number of sulfonamides is 1. The van der Waals surface area contributed by atoms with Crippen LogP contribution < -0.4 is 10.5 Å². The van der Waals surface area contributed by atoms with Crippen molar-refractivity contribution in [2.75, 3.05) is 6.54 Å². The molecule has 0 amide bonds. The molecule has 1 rings (SSSR count). The van der Waals surface area contributed by atoms with Gasteiger partial charge in [0.1, 0.15) is 5.84 Å². The molecular weight excluding hydrogens is 254 g/mol. The molecular formula is C11H17N3O3S. The number of nitrogens with two attached hydrogens (primary N) is 1. The maximum atomic E-state index is 11.9. The van der Waals surface area contributed by atoms with E-state index in [0.29, 0.717) is 0 Å². The van der Waals surface area contributed by atoms with Gasteiger partial charge in [-0.05, 0) is 24.6 Å². The molecule has 0 aliphatic carbocycles. The Hall–Kier alpha value is -1.60. The average Bonchev–Trinajstić information content (AvgIpc) is 2.35. The fourth-order valence-corrected chi connectivity index (χ4v) is 2.54. The van der Waals surface area contributed by atoms with E-state index >= 15 is 0 Å². The minimum absolute atomic E-state index is 0.0121. The van der Waals surface area contributed by atoms with Crippen LogP contribution in [0.15, 0.2) is 34.3 Å². The summed E-state index contributed by atoms with van der Waals surface area (Å²) < 4.78 is 26.3. The molecule has 0 fully saturated rings. The molecule has 1 unspecified atom stereocenters. The lowest BCUT2D eigenvalue weighted by Crippen LogP contribution is -2.34. The van der Waals surface area contributed by atoms with Crippen LogP contribution in [0.5, 0.6) is 0 Å². The Bertz CT molecular complexity index is 540. The zero-order valence-electron chi connectivity index (χ0n) is 10.3. The minimum Gasteiger partial charge on any atom is -0.409 e. The topological polar surface area (TPSA) is 105 Å². The van der Waals surface area contributed by atoms with Gasteiger partial charge in [0, 0.05) is 12.5 Å². The van der Waals surface area contributed by atoms with Gasteiger partial charge in [0.05, 0.1) is 4.90 Å². The van der Waals surface area contributed by atoms with Crippen molar-refractivity contribution >= 4 is 15.9 Å². The molecule has 0 bridgehead atoms. The summed E-state index contributed by atoms with van der Waals surface area (Å²) in [5.41, 5.74) is 6.24. The molecule has 7 heteroatoms. The molecule has 0 aliphatic rings. The first-order valence-electron chi connectivity index (χ1n) is 5.40. The molecule has 1 atom stereocenters. The number of hydrogen-bond donors (Lipinski definition) is 3. The third-order valence-corrected chi connectivity index (χ3v) is 3.92. The van der Waals surface area contributed by atoms with E-state index in [9.17, 15) is 8.42 Å². The zero-order chi connectivity index (χ0) is 13.8. The van der Waals surface area contributed by atoms with Gasteiger partial charge in [-0.1, -0.05) is 24.2 Å². The lowest BCUT2D eigenvalue weighted by molar-refractivity contribution is 0.314. The summed E-state index contributed by atoms with van der Waals surface area (Å²) >= 11 is 0. The predicted octanol–water partition coefficient (Wildman–Crippen LogP) is 0.656. The van der Waals surface area contributed by atoms with Crippen molar-refractivity contribution < 1.29 is 13.6 Å². The SMILES string of the molecule is Cc1cccc(S(=O)(=O)NCC(C)C(N)=NO)c1. The van der Waals surface area contributed by atoms with Crippen molar-refractivity contribution in [3.63, 3.8) is 0 Å². The molecule has 0 aliphatic heterocycles. The van der Waals surface area contributed by atoms with Crippen LogP contribution in [0, 0.1) is 12.8 Å². The Morgan fingerprint density at radius 2 is 2.22 bits per heavy atom.